The first-order valence-electron chi connectivity index (χ1n) is 7.57. The summed E-state index contributed by atoms with van der Waals surface area (Å²) in [7, 11) is 0. The molecule has 100 valence electrons. The van der Waals surface area contributed by atoms with Gasteiger partial charge in [-0.15, -0.1) is 0 Å². The predicted molar refractivity (Wildman–Crippen MR) is 73.9 cm³/mol. The second kappa shape index (κ2) is 5.71. The van der Waals surface area contributed by atoms with Gasteiger partial charge in [0.1, 0.15) is 0 Å². The highest BCUT2D eigenvalue weighted by Gasteiger charge is 2.33. The van der Waals surface area contributed by atoms with E-state index in [-0.39, 0.29) is 0 Å². The summed E-state index contributed by atoms with van der Waals surface area (Å²) in [5.74, 6) is 2.57. The van der Waals surface area contributed by atoms with Crippen molar-refractivity contribution in [3.63, 3.8) is 0 Å². The Bertz CT molecular complexity index is 237. The Morgan fingerprint density at radius 3 is 2.41 bits per heavy atom. The normalized spacial score (nSPS) is 37.6. The minimum atomic E-state index is 0.379. The monoisotopic (exact) mass is 238 g/mol. The lowest BCUT2D eigenvalue weighted by Gasteiger charge is -2.37. The molecule has 0 radical (unpaired) electrons. The van der Waals surface area contributed by atoms with Gasteiger partial charge in [0.15, 0.2) is 0 Å². The number of hydrogen-bond donors (Lipinski definition) is 1. The van der Waals surface area contributed by atoms with Crippen LogP contribution < -0.4 is 5.73 Å². The van der Waals surface area contributed by atoms with Crippen LogP contribution in [0.5, 0.6) is 0 Å². The summed E-state index contributed by atoms with van der Waals surface area (Å²) in [6.07, 6.45) is 7.07. The summed E-state index contributed by atoms with van der Waals surface area (Å²) in [4.78, 5) is 2.74. The molecule has 0 aromatic carbocycles. The molecule has 4 unspecified atom stereocenters. The molecule has 1 saturated heterocycles. The first kappa shape index (κ1) is 13.4. The molecule has 4 atom stereocenters. The maximum Gasteiger partial charge on any atom is 0.00981 e. The zero-order chi connectivity index (χ0) is 12.4. The molecular formula is C15H30N2. The van der Waals surface area contributed by atoms with Gasteiger partial charge in [0, 0.05) is 18.6 Å². The van der Waals surface area contributed by atoms with E-state index in [1.807, 2.05) is 0 Å². The molecule has 1 saturated carbocycles. The zero-order valence-corrected chi connectivity index (χ0v) is 11.9. The van der Waals surface area contributed by atoms with Gasteiger partial charge in [-0.25, -0.2) is 0 Å². The summed E-state index contributed by atoms with van der Waals surface area (Å²) >= 11 is 0. The molecule has 2 nitrogen and oxygen atoms in total. The molecule has 2 rings (SSSR count). The highest BCUT2D eigenvalue weighted by atomic mass is 15.2. The molecule has 0 bridgehead atoms. The van der Waals surface area contributed by atoms with Gasteiger partial charge in [0.25, 0.3) is 0 Å². The van der Waals surface area contributed by atoms with Crippen molar-refractivity contribution in [3.05, 3.63) is 0 Å². The summed E-state index contributed by atoms with van der Waals surface area (Å²) in [5, 5.41) is 0. The third kappa shape index (κ3) is 3.23. The van der Waals surface area contributed by atoms with Gasteiger partial charge in [0.05, 0.1) is 0 Å². The Labute approximate surface area is 107 Å². The van der Waals surface area contributed by atoms with E-state index in [0.717, 1.165) is 23.8 Å². The predicted octanol–water partition coefficient (Wildman–Crippen LogP) is 2.87. The average molecular weight is 238 g/mol. The summed E-state index contributed by atoms with van der Waals surface area (Å²) in [6.45, 7) is 9.50. The van der Waals surface area contributed by atoms with E-state index in [4.69, 9.17) is 5.73 Å². The topological polar surface area (TPSA) is 29.3 Å². The van der Waals surface area contributed by atoms with Gasteiger partial charge < -0.3 is 10.6 Å². The Hall–Kier alpha value is -0.0800. The van der Waals surface area contributed by atoms with E-state index in [0.29, 0.717) is 6.04 Å². The van der Waals surface area contributed by atoms with Crippen LogP contribution in [-0.2, 0) is 0 Å². The van der Waals surface area contributed by atoms with Gasteiger partial charge in [-0.3, -0.25) is 0 Å². The lowest BCUT2D eigenvalue weighted by atomic mass is 9.79. The largest absolute Gasteiger partial charge is 0.328 e. The van der Waals surface area contributed by atoms with Gasteiger partial charge in [0.2, 0.25) is 0 Å². The smallest absolute Gasteiger partial charge is 0.00981 e. The second-order valence-corrected chi connectivity index (χ2v) is 6.73. The fraction of sp³-hybridized carbons (Fsp3) is 1.00. The van der Waals surface area contributed by atoms with Crippen LogP contribution in [0.2, 0.25) is 0 Å². The van der Waals surface area contributed by atoms with Crippen LogP contribution in [0.1, 0.15) is 52.9 Å². The van der Waals surface area contributed by atoms with E-state index in [2.05, 4.69) is 25.7 Å². The maximum atomic E-state index is 6.04. The summed E-state index contributed by atoms with van der Waals surface area (Å²) < 4.78 is 0. The average Bonchev–Trinajstić information content (AvgIpc) is 2.78. The van der Waals surface area contributed by atoms with Crippen molar-refractivity contribution >= 4 is 0 Å². The second-order valence-electron chi connectivity index (χ2n) is 6.73. The zero-order valence-electron chi connectivity index (χ0n) is 11.9. The van der Waals surface area contributed by atoms with E-state index in [9.17, 15) is 0 Å². The van der Waals surface area contributed by atoms with Gasteiger partial charge >= 0.3 is 0 Å². The van der Waals surface area contributed by atoms with Crippen molar-refractivity contribution in [2.24, 2.45) is 23.5 Å². The standard InChI is InChI=1S/C15H30N2/c1-11(2)13-5-4-6-15(9-13)17-8-7-14(10-17)12(3)16/h11-15H,4-10,16H2,1-3H3. The minimum absolute atomic E-state index is 0.379. The molecule has 1 heterocycles. The van der Waals surface area contributed by atoms with Crippen molar-refractivity contribution in [1.29, 1.82) is 0 Å². The number of hydrogen-bond acceptors (Lipinski definition) is 2. The number of nitrogens with two attached hydrogens (primary N) is 1. The highest BCUT2D eigenvalue weighted by molar-refractivity contribution is 4.88. The number of nitrogens with zero attached hydrogens (tertiary/aromatic N) is 1. The lowest BCUT2D eigenvalue weighted by Crippen LogP contribution is -2.39. The van der Waals surface area contributed by atoms with Crippen molar-refractivity contribution in [3.8, 4) is 0 Å². The highest BCUT2D eigenvalue weighted by Crippen LogP contribution is 2.34. The molecular weight excluding hydrogens is 208 g/mol. The molecule has 17 heavy (non-hydrogen) atoms. The van der Waals surface area contributed by atoms with Crippen molar-refractivity contribution in [2.45, 2.75) is 65.0 Å². The first-order chi connectivity index (χ1) is 8.08. The fourth-order valence-corrected chi connectivity index (χ4v) is 3.71. The third-order valence-electron chi connectivity index (χ3n) is 5.15. The van der Waals surface area contributed by atoms with E-state index >= 15 is 0 Å². The fourth-order valence-electron chi connectivity index (χ4n) is 3.71. The minimum Gasteiger partial charge on any atom is -0.328 e. The molecule has 1 aliphatic carbocycles. The van der Waals surface area contributed by atoms with Gasteiger partial charge in [-0.2, -0.15) is 0 Å². The molecule has 2 fully saturated rings. The molecule has 2 heteroatoms. The Morgan fingerprint density at radius 1 is 1.06 bits per heavy atom. The van der Waals surface area contributed by atoms with Crippen LogP contribution in [-0.4, -0.2) is 30.1 Å². The van der Waals surface area contributed by atoms with Crippen LogP contribution in [0.25, 0.3) is 0 Å². The summed E-state index contributed by atoms with van der Waals surface area (Å²) in [6, 6.07) is 1.24. The van der Waals surface area contributed by atoms with E-state index in [1.165, 1.54) is 45.2 Å². The Kier molecular flexibility index (Phi) is 4.48. The van der Waals surface area contributed by atoms with Crippen LogP contribution in [0.3, 0.4) is 0 Å². The SMILES string of the molecule is CC(C)C1CCCC(N2CCC(C(C)N)C2)C1. The van der Waals surface area contributed by atoms with E-state index < -0.39 is 0 Å². The molecule has 2 N–H and O–H groups in total. The van der Waals surface area contributed by atoms with Crippen LogP contribution in [0.15, 0.2) is 0 Å². The third-order valence-corrected chi connectivity index (χ3v) is 5.15. The lowest BCUT2D eigenvalue weighted by molar-refractivity contribution is 0.131. The van der Waals surface area contributed by atoms with Gasteiger partial charge in [-0.05, 0) is 50.5 Å². The van der Waals surface area contributed by atoms with Crippen molar-refractivity contribution in [1.82, 2.24) is 4.90 Å². The number of rotatable bonds is 3. The molecule has 0 aromatic rings. The Morgan fingerprint density at radius 2 is 1.82 bits per heavy atom. The van der Waals surface area contributed by atoms with Crippen LogP contribution >= 0.6 is 0 Å². The first-order valence-corrected chi connectivity index (χ1v) is 7.57. The number of likely N-dealkylation sites (tertiary alicyclic amines) is 1. The molecule has 1 aliphatic heterocycles. The molecule has 0 amide bonds. The maximum absolute atomic E-state index is 6.04. The Balaban J connectivity index is 1.86. The van der Waals surface area contributed by atoms with Crippen LogP contribution in [0.4, 0.5) is 0 Å². The quantitative estimate of drug-likeness (QED) is 0.819. The van der Waals surface area contributed by atoms with Crippen molar-refractivity contribution < 1.29 is 0 Å². The van der Waals surface area contributed by atoms with Crippen LogP contribution in [0, 0.1) is 17.8 Å². The molecule has 2 aliphatic rings. The summed E-state index contributed by atoms with van der Waals surface area (Å²) in [5.41, 5.74) is 6.04. The van der Waals surface area contributed by atoms with E-state index in [1.54, 1.807) is 0 Å². The van der Waals surface area contributed by atoms with Gasteiger partial charge in [-0.1, -0.05) is 26.7 Å². The van der Waals surface area contributed by atoms with Crippen molar-refractivity contribution in [2.75, 3.05) is 13.1 Å². The molecule has 0 aromatic heterocycles. The molecule has 0 spiro atoms.